The number of hydrogen-bond donors (Lipinski definition) is 2. The molecule has 11 heteroatoms. The number of halogens is 1. The van der Waals surface area contributed by atoms with Gasteiger partial charge in [-0.25, -0.2) is 13.8 Å². The fraction of sp³-hybridized carbons (Fsp3) is 0.474. The summed E-state index contributed by atoms with van der Waals surface area (Å²) in [7, 11) is -2.49. The van der Waals surface area contributed by atoms with Gasteiger partial charge in [0.05, 0.1) is 17.9 Å². The highest BCUT2D eigenvalue weighted by Gasteiger charge is 2.33. The lowest BCUT2D eigenvalue weighted by atomic mass is 10.0. The van der Waals surface area contributed by atoms with Crippen LogP contribution in [0.2, 0.25) is 5.02 Å². The third-order valence-corrected chi connectivity index (χ3v) is 6.48. The highest BCUT2D eigenvalue weighted by Crippen LogP contribution is 2.26. The van der Waals surface area contributed by atoms with E-state index in [0.717, 1.165) is 5.56 Å². The van der Waals surface area contributed by atoms with E-state index in [0.29, 0.717) is 42.5 Å². The van der Waals surface area contributed by atoms with E-state index in [1.165, 1.54) is 15.2 Å². The third-order valence-electron chi connectivity index (χ3n) is 4.79. The molecule has 1 aromatic heterocycles. The van der Waals surface area contributed by atoms with Gasteiger partial charge in [0.15, 0.2) is 0 Å². The van der Waals surface area contributed by atoms with Gasteiger partial charge in [-0.3, -0.25) is 4.68 Å². The van der Waals surface area contributed by atoms with E-state index in [2.05, 4.69) is 15.1 Å². The number of rotatable bonds is 6. The van der Waals surface area contributed by atoms with E-state index in [9.17, 15) is 13.2 Å². The molecule has 0 atom stereocenters. The molecule has 2 amide bonds. The number of benzene rings is 1. The van der Waals surface area contributed by atoms with Crippen LogP contribution < -0.4 is 14.3 Å². The third kappa shape index (κ3) is 5.44. The van der Waals surface area contributed by atoms with Crippen molar-refractivity contribution < 1.29 is 17.9 Å². The Hall–Kier alpha value is -2.30. The maximum Gasteiger partial charge on any atom is 0.334 e. The zero-order valence-corrected chi connectivity index (χ0v) is 18.7. The number of urea groups is 1. The largest absolute Gasteiger partial charge is 0.381 e. The Balaban J connectivity index is 1.81. The predicted octanol–water partition coefficient (Wildman–Crippen LogP) is 3.25. The van der Waals surface area contributed by atoms with Crippen LogP contribution in [0.4, 0.5) is 16.2 Å². The van der Waals surface area contributed by atoms with Gasteiger partial charge >= 0.3 is 16.2 Å². The first-order chi connectivity index (χ1) is 14.2. The van der Waals surface area contributed by atoms with Gasteiger partial charge in [0, 0.05) is 37.2 Å². The second-order valence-corrected chi connectivity index (χ2v) is 9.48. The predicted molar refractivity (Wildman–Crippen MR) is 116 cm³/mol. The van der Waals surface area contributed by atoms with Gasteiger partial charge in [0.1, 0.15) is 0 Å². The molecule has 0 aliphatic carbocycles. The van der Waals surface area contributed by atoms with E-state index >= 15 is 0 Å². The molecular formula is C19H26ClN5O4S. The normalized spacial score (nSPS) is 15.2. The topological polar surface area (TPSA) is 106 Å². The summed E-state index contributed by atoms with van der Waals surface area (Å²) >= 11 is 6.13. The highest BCUT2D eigenvalue weighted by atomic mass is 35.5. The summed E-state index contributed by atoms with van der Waals surface area (Å²) < 4.78 is 36.4. The zero-order chi connectivity index (χ0) is 21.9. The van der Waals surface area contributed by atoms with E-state index in [1.807, 2.05) is 13.8 Å². The minimum Gasteiger partial charge on any atom is -0.381 e. The Morgan fingerprint density at radius 2 is 2.00 bits per heavy atom. The van der Waals surface area contributed by atoms with Crippen LogP contribution in [0, 0.1) is 0 Å². The van der Waals surface area contributed by atoms with Gasteiger partial charge in [-0.05, 0) is 42.5 Å². The van der Waals surface area contributed by atoms with Crippen molar-refractivity contribution in [1.82, 2.24) is 14.5 Å². The summed E-state index contributed by atoms with van der Waals surface area (Å²) in [4.78, 5) is 12.5. The van der Waals surface area contributed by atoms with E-state index in [4.69, 9.17) is 16.3 Å². The summed E-state index contributed by atoms with van der Waals surface area (Å²) in [6, 6.07) is 3.93. The van der Waals surface area contributed by atoms with Crippen LogP contribution >= 0.6 is 11.6 Å². The lowest BCUT2D eigenvalue weighted by Gasteiger charge is -2.33. The quantitative estimate of drug-likeness (QED) is 0.695. The van der Waals surface area contributed by atoms with Crippen molar-refractivity contribution in [2.75, 3.05) is 22.8 Å². The molecular weight excluding hydrogens is 430 g/mol. The molecule has 1 aliphatic rings. The van der Waals surface area contributed by atoms with Crippen molar-refractivity contribution in [3.05, 3.63) is 41.2 Å². The number of hydrogen-bond acceptors (Lipinski definition) is 5. The summed E-state index contributed by atoms with van der Waals surface area (Å²) in [6.07, 6.45) is 4.09. The van der Waals surface area contributed by atoms with Crippen molar-refractivity contribution in [2.45, 2.75) is 38.6 Å². The summed E-state index contributed by atoms with van der Waals surface area (Å²) in [6.45, 7) is 4.90. The minimum absolute atomic E-state index is 0.200. The molecule has 1 saturated heterocycles. The zero-order valence-electron chi connectivity index (χ0n) is 17.1. The Labute approximate surface area is 181 Å². The molecule has 0 saturated carbocycles. The number of ether oxygens (including phenoxy) is 1. The van der Waals surface area contributed by atoms with E-state index in [-0.39, 0.29) is 12.0 Å². The van der Waals surface area contributed by atoms with Gasteiger partial charge in [0.25, 0.3) is 0 Å². The molecule has 1 aromatic carbocycles. The van der Waals surface area contributed by atoms with E-state index in [1.54, 1.807) is 31.4 Å². The smallest absolute Gasteiger partial charge is 0.334 e. The first-order valence-electron chi connectivity index (χ1n) is 9.66. The maximum atomic E-state index is 13.1. The molecule has 0 spiro atoms. The van der Waals surface area contributed by atoms with E-state index < -0.39 is 16.2 Å². The SMILES string of the molecule is CC(C)c1cc(Cl)cc(NC(=O)NS(=O)(=O)N(c2cnn(C)c2)C2CCOCC2)c1. The minimum atomic E-state index is -4.19. The summed E-state index contributed by atoms with van der Waals surface area (Å²) in [5, 5.41) is 7.08. The number of amides is 2. The van der Waals surface area contributed by atoms with Crippen molar-refractivity contribution in [3.8, 4) is 0 Å². The second kappa shape index (κ2) is 9.23. The number of anilines is 2. The molecule has 0 bridgehead atoms. The van der Waals surface area contributed by atoms with Crippen LogP contribution in [0.25, 0.3) is 0 Å². The van der Waals surface area contributed by atoms with Crippen molar-refractivity contribution in [1.29, 1.82) is 0 Å². The average Bonchev–Trinajstić information content (AvgIpc) is 3.06. The number of aryl methyl sites for hydroxylation is 1. The Kier molecular flexibility index (Phi) is 6.89. The molecule has 2 aromatic rings. The average molecular weight is 456 g/mol. The fourth-order valence-electron chi connectivity index (χ4n) is 3.33. The molecule has 2 heterocycles. The van der Waals surface area contributed by atoms with Gasteiger partial charge in [-0.1, -0.05) is 25.4 Å². The van der Waals surface area contributed by atoms with Gasteiger partial charge in [-0.2, -0.15) is 13.5 Å². The monoisotopic (exact) mass is 455 g/mol. The molecule has 2 N–H and O–H groups in total. The molecule has 164 valence electrons. The molecule has 0 radical (unpaired) electrons. The van der Waals surface area contributed by atoms with Crippen molar-refractivity contribution in [3.63, 3.8) is 0 Å². The Morgan fingerprint density at radius 1 is 1.30 bits per heavy atom. The molecule has 1 fully saturated rings. The molecule has 3 rings (SSSR count). The summed E-state index contributed by atoms with van der Waals surface area (Å²) in [5.41, 5.74) is 1.73. The Morgan fingerprint density at radius 3 is 2.60 bits per heavy atom. The van der Waals surface area contributed by atoms with Crippen LogP contribution in [0.1, 0.15) is 38.2 Å². The van der Waals surface area contributed by atoms with Crippen LogP contribution in [0.3, 0.4) is 0 Å². The fourth-order valence-corrected chi connectivity index (χ4v) is 4.93. The lowest BCUT2D eigenvalue weighted by Crippen LogP contribution is -2.51. The lowest BCUT2D eigenvalue weighted by molar-refractivity contribution is 0.0875. The highest BCUT2D eigenvalue weighted by molar-refractivity contribution is 7.91. The number of aromatic nitrogens is 2. The Bertz CT molecular complexity index is 1000. The number of nitrogens with one attached hydrogen (secondary N) is 2. The maximum absolute atomic E-state index is 13.1. The van der Waals surface area contributed by atoms with Crippen molar-refractivity contribution in [2.24, 2.45) is 7.05 Å². The molecule has 1 aliphatic heterocycles. The van der Waals surface area contributed by atoms with Crippen molar-refractivity contribution >= 4 is 39.2 Å². The molecule has 9 nitrogen and oxygen atoms in total. The molecule has 30 heavy (non-hydrogen) atoms. The van der Waals surface area contributed by atoms with Crippen LogP contribution in [-0.4, -0.2) is 43.5 Å². The number of carbonyl (C=O) groups excluding carboxylic acids is 1. The second-order valence-electron chi connectivity index (χ2n) is 7.50. The number of nitrogens with zero attached hydrogens (tertiary/aromatic N) is 3. The van der Waals surface area contributed by atoms with Crippen LogP contribution in [0.15, 0.2) is 30.6 Å². The van der Waals surface area contributed by atoms with Gasteiger partial charge in [-0.15, -0.1) is 0 Å². The first-order valence-corrected chi connectivity index (χ1v) is 11.5. The standard InChI is InChI=1S/C19H26ClN5O4S/c1-13(2)14-8-15(20)10-16(9-14)22-19(26)23-30(27,28)25(17-4-6-29-7-5-17)18-11-21-24(3)12-18/h8-13,17H,4-7H2,1-3H3,(H2,22,23,26). The van der Waals surface area contributed by atoms with Crippen LogP contribution in [-0.2, 0) is 22.0 Å². The first kappa shape index (κ1) is 22.4. The van der Waals surface area contributed by atoms with Gasteiger partial charge in [0.2, 0.25) is 0 Å². The molecule has 0 unspecified atom stereocenters. The van der Waals surface area contributed by atoms with Crippen LogP contribution in [0.5, 0.6) is 0 Å². The number of carbonyl (C=O) groups is 1. The summed E-state index contributed by atoms with van der Waals surface area (Å²) in [5.74, 6) is 0.200. The van der Waals surface area contributed by atoms with Gasteiger partial charge < -0.3 is 10.1 Å².